The first-order chi connectivity index (χ1) is 8.99. The Hall–Kier alpha value is -1.30. The summed E-state index contributed by atoms with van der Waals surface area (Å²) in [6, 6.07) is -0.433. The fraction of sp³-hybridized carbons (Fsp3) is 0.846. The molecule has 2 rings (SSSR count). The van der Waals surface area contributed by atoms with E-state index in [1.54, 1.807) is 18.9 Å². The second kappa shape index (κ2) is 5.36. The Morgan fingerprint density at radius 1 is 1.47 bits per heavy atom. The van der Waals surface area contributed by atoms with Crippen LogP contribution >= 0.6 is 0 Å². The fourth-order valence-electron chi connectivity index (χ4n) is 2.92. The van der Waals surface area contributed by atoms with E-state index in [1.807, 2.05) is 0 Å². The number of hydrogen-bond donors (Lipinski definition) is 2. The molecular weight excluding hydrogens is 248 g/mol. The van der Waals surface area contributed by atoms with E-state index in [9.17, 15) is 9.59 Å². The van der Waals surface area contributed by atoms with Crippen LogP contribution in [-0.4, -0.2) is 53.8 Å². The number of likely N-dealkylation sites (tertiary alicyclic amines) is 1. The molecule has 0 radical (unpaired) electrons. The molecule has 1 aliphatic carbocycles. The molecule has 19 heavy (non-hydrogen) atoms. The highest BCUT2D eigenvalue weighted by Gasteiger charge is 2.40. The molecule has 0 spiro atoms. The second-order valence-corrected chi connectivity index (χ2v) is 5.57. The van der Waals surface area contributed by atoms with Crippen molar-refractivity contribution in [1.29, 1.82) is 0 Å². The Bertz CT molecular complexity index is 362. The SMILES string of the molecule is COC1(CNC(=O)N2CCC(C(=O)O)C2C)CCC1. The van der Waals surface area contributed by atoms with Crippen LogP contribution in [0.5, 0.6) is 0 Å². The van der Waals surface area contributed by atoms with Crippen molar-refractivity contribution in [2.45, 2.75) is 44.2 Å². The van der Waals surface area contributed by atoms with Crippen LogP contribution in [0.15, 0.2) is 0 Å². The van der Waals surface area contributed by atoms with Crippen LogP contribution in [0.1, 0.15) is 32.6 Å². The van der Waals surface area contributed by atoms with Gasteiger partial charge < -0.3 is 20.1 Å². The van der Waals surface area contributed by atoms with Gasteiger partial charge in [-0.3, -0.25) is 4.79 Å². The van der Waals surface area contributed by atoms with Gasteiger partial charge in [-0.05, 0) is 32.6 Å². The van der Waals surface area contributed by atoms with Gasteiger partial charge in [-0.25, -0.2) is 4.79 Å². The summed E-state index contributed by atoms with van der Waals surface area (Å²) in [5.74, 6) is -1.28. The number of carboxylic acids is 1. The van der Waals surface area contributed by atoms with Gasteiger partial charge in [0.2, 0.25) is 0 Å². The zero-order valence-electron chi connectivity index (χ0n) is 11.5. The molecule has 1 saturated carbocycles. The van der Waals surface area contributed by atoms with E-state index >= 15 is 0 Å². The van der Waals surface area contributed by atoms with Crippen LogP contribution in [0.25, 0.3) is 0 Å². The topological polar surface area (TPSA) is 78.9 Å². The number of aliphatic carboxylic acids is 1. The number of carbonyl (C=O) groups excluding carboxylic acids is 1. The van der Waals surface area contributed by atoms with Crippen molar-refractivity contribution in [2.24, 2.45) is 5.92 Å². The highest BCUT2D eigenvalue weighted by atomic mass is 16.5. The predicted octanol–water partition coefficient (Wildman–Crippen LogP) is 1.06. The quantitative estimate of drug-likeness (QED) is 0.800. The molecule has 0 aromatic carbocycles. The molecule has 0 bridgehead atoms. The minimum absolute atomic E-state index is 0.181. The Morgan fingerprint density at radius 3 is 2.58 bits per heavy atom. The summed E-state index contributed by atoms with van der Waals surface area (Å²) >= 11 is 0. The number of amides is 2. The summed E-state index contributed by atoms with van der Waals surface area (Å²) in [4.78, 5) is 24.7. The highest BCUT2D eigenvalue weighted by molar-refractivity contribution is 5.78. The van der Waals surface area contributed by atoms with Crippen molar-refractivity contribution in [3.63, 3.8) is 0 Å². The largest absolute Gasteiger partial charge is 0.481 e. The number of rotatable bonds is 4. The van der Waals surface area contributed by atoms with Crippen LogP contribution in [0.2, 0.25) is 0 Å². The zero-order chi connectivity index (χ0) is 14.0. The first-order valence-corrected chi connectivity index (χ1v) is 6.81. The highest BCUT2D eigenvalue weighted by Crippen LogP contribution is 2.34. The molecule has 2 N–H and O–H groups in total. The Balaban J connectivity index is 1.85. The maximum absolute atomic E-state index is 12.1. The van der Waals surface area contributed by atoms with Crippen LogP contribution < -0.4 is 5.32 Å². The van der Waals surface area contributed by atoms with Gasteiger partial charge in [0, 0.05) is 26.2 Å². The summed E-state index contributed by atoms with van der Waals surface area (Å²) in [5.41, 5.74) is -0.204. The Kier molecular flexibility index (Phi) is 3.99. The molecule has 6 nitrogen and oxygen atoms in total. The van der Waals surface area contributed by atoms with Crippen molar-refractivity contribution in [3.8, 4) is 0 Å². The van der Waals surface area contributed by atoms with E-state index in [0.29, 0.717) is 19.5 Å². The number of hydrogen-bond acceptors (Lipinski definition) is 3. The number of methoxy groups -OCH3 is 1. The van der Waals surface area contributed by atoms with Crippen molar-refractivity contribution in [3.05, 3.63) is 0 Å². The Labute approximate surface area is 113 Å². The molecule has 2 fully saturated rings. The summed E-state index contributed by atoms with van der Waals surface area (Å²) in [6.07, 6.45) is 3.60. The summed E-state index contributed by atoms with van der Waals surface area (Å²) in [5, 5.41) is 11.9. The zero-order valence-corrected chi connectivity index (χ0v) is 11.5. The summed E-state index contributed by atoms with van der Waals surface area (Å²) in [7, 11) is 1.67. The molecule has 0 aromatic rings. The van der Waals surface area contributed by atoms with E-state index in [0.717, 1.165) is 19.3 Å². The number of nitrogens with zero attached hydrogens (tertiary/aromatic N) is 1. The van der Waals surface area contributed by atoms with Gasteiger partial charge in [-0.1, -0.05) is 0 Å². The second-order valence-electron chi connectivity index (χ2n) is 5.57. The van der Waals surface area contributed by atoms with E-state index in [1.165, 1.54) is 0 Å². The lowest BCUT2D eigenvalue weighted by Gasteiger charge is -2.41. The lowest BCUT2D eigenvalue weighted by Crippen LogP contribution is -2.53. The minimum Gasteiger partial charge on any atom is -0.481 e. The van der Waals surface area contributed by atoms with E-state index in [-0.39, 0.29) is 17.7 Å². The van der Waals surface area contributed by atoms with Gasteiger partial charge in [-0.15, -0.1) is 0 Å². The van der Waals surface area contributed by atoms with Gasteiger partial charge in [-0.2, -0.15) is 0 Å². The molecular formula is C13H22N2O4. The molecule has 2 unspecified atom stereocenters. The van der Waals surface area contributed by atoms with Gasteiger partial charge >= 0.3 is 12.0 Å². The number of carboxylic acid groups (broad SMARTS) is 1. The molecule has 1 heterocycles. The average Bonchev–Trinajstić information content (AvgIpc) is 2.70. The van der Waals surface area contributed by atoms with Gasteiger partial charge in [0.25, 0.3) is 0 Å². The van der Waals surface area contributed by atoms with E-state index in [2.05, 4.69) is 5.32 Å². The molecule has 1 aliphatic heterocycles. The van der Waals surface area contributed by atoms with Crippen molar-refractivity contribution >= 4 is 12.0 Å². The molecule has 6 heteroatoms. The van der Waals surface area contributed by atoms with Crippen LogP contribution in [-0.2, 0) is 9.53 Å². The average molecular weight is 270 g/mol. The van der Waals surface area contributed by atoms with Crippen LogP contribution in [0.4, 0.5) is 4.79 Å². The maximum Gasteiger partial charge on any atom is 0.317 e. The molecule has 2 aliphatic rings. The number of urea groups is 1. The number of carbonyl (C=O) groups is 2. The summed E-state index contributed by atoms with van der Waals surface area (Å²) in [6.45, 7) is 2.80. The van der Waals surface area contributed by atoms with Crippen molar-refractivity contribution in [1.82, 2.24) is 10.2 Å². The third kappa shape index (κ3) is 2.68. The normalized spacial score (nSPS) is 28.8. The fourth-order valence-corrected chi connectivity index (χ4v) is 2.92. The lowest BCUT2D eigenvalue weighted by molar-refractivity contribution is -0.142. The number of nitrogens with one attached hydrogen (secondary N) is 1. The van der Waals surface area contributed by atoms with Crippen molar-refractivity contribution in [2.75, 3.05) is 20.2 Å². The van der Waals surface area contributed by atoms with Gasteiger partial charge in [0.1, 0.15) is 0 Å². The van der Waals surface area contributed by atoms with Crippen LogP contribution in [0.3, 0.4) is 0 Å². The molecule has 1 saturated heterocycles. The predicted molar refractivity (Wildman–Crippen MR) is 68.9 cm³/mol. The van der Waals surface area contributed by atoms with Crippen LogP contribution in [0, 0.1) is 5.92 Å². The first kappa shape index (κ1) is 14.1. The monoisotopic (exact) mass is 270 g/mol. The third-order valence-corrected chi connectivity index (χ3v) is 4.59. The lowest BCUT2D eigenvalue weighted by atomic mass is 9.80. The van der Waals surface area contributed by atoms with Gasteiger partial charge in [0.05, 0.1) is 11.5 Å². The molecule has 0 aromatic heterocycles. The number of ether oxygens (including phenoxy) is 1. The standard InChI is InChI=1S/C13H22N2O4/c1-9-10(11(16)17)4-7-15(9)12(18)14-8-13(19-2)5-3-6-13/h9-10H,3-8H2,1-2H3,(H,14,18)(H,16,17). The Morgan fingerprint density at radius 2 is 2.16 bits per heavy atom. The minimum atomic E-state index is -0.824. The third-order valence-electron chi connectivity index (χ3n) is 4.59. The molecule has 2 amide bonds. The van der Waals surface area contributed by atoms with Gasteiger partial charge in [0.15, 0.2) is 0 Å². The van der Waals surface area contributed by atoms with Crippen molar-refractivity contribution < 1.29 is 19.4 Å². The smallest absolute Gasteiger partial charge is 0.317 e. The molecule has 2 atom stereocenters. The molecule has 108 valence electrons. The first-order valence-electron chi connectivity index (χ1n) is 6.81. The van der Waals surface area contributed by atoms with E-state index in [4.69, 9.17) is 9.84 Å². The van der Waals surface area contributed by atoms with E-state index < -0.39 is 11.9 Å². The summed E-state index contributed by atoms with van der Waals surface area (Å²) < 4.78 is 5.45. The maximum atomic E-state index is 12.1.